The molecule has 1 aromatic heterocycles. The van der Waals surface area contributed by atoms with Crippen LogP contribution in [0.4, 0.5) is 0 Å². The molecule has 0 aromatic carbocycles. The van der Waals surface area contributed by atoms with Crippen LogP contribution in [-0.2, 0) is 9.53 Å². The molecule has 0 aliphatic rings. The van der Waals surface area contributed by atoms with E-state index in [-0.39, 0.29) is 18.3 Å². The fourth-order valence-electron chi connectivity index (χ4n) is 1.42. The molecule has 1 heterocycles. The number of rotatable bonds is 5. The van der Waals surface area contributed by atoms with E-state index in [0.717, 1.165) is 5.01 Å². The number of nitrogens with one attached hydrogen (secondary N) is 1. The molecule has 0 saturated carbocycles. The Morgan fingerprint density at radius 2 is 2.17 bits per heavy atom. The van der Waals surface area contributed by atoms with Gasteiger partial charge in [0.05, 0.1) is 12.1 Å². The maximum absolute atomic E-state index is 11.9. The maximum atomic E-state index is 11.9. The van der Waals surface area contributed by atoms with Crippen molar-refractivity contribution in [3.8, 4) is 0 Å². The SMILES string of the molecule is COC(=O)CCC(C)(C)NC(=O)c1csc(C)n1. The fourth-order valence-corrected chi connectivity index (χ4v) is 2.01. The van der Waals surface area contributed by atoms with E-state index in [0.29, 0.717) is 12.1 Å². The lowest BCUT2D eigenvalue weighted by Gasteiger charge is -2.25. The van der Waals surface area contributed by atoms with Crippen molar-refractivity contribution >= 4 is 23.2 Å². The molecule has 1 rings (SSSR count). The maximum Gasteiger partial charge on any atom is 0.305 e. The standard InChI is InChI=1S/C12H18N2O3S/c1-8-13-9(7-18-8)11(16)14-12(2,3)6-5-10(15)17-4/h7H,5-6H2,1-4H3,(H,14,16). The number of thiazole rings is 1. The second-order valence-corrected chi connectivity index (χ2v) is 5.73. The van der Waals surface area contributed by atoms with Crippen molar-refractivity contribution in [1.82, 2.24) is 10.3 Å². The molecule has 100 valence electrons. The van der Waals surface area contributed by atoms with Crippen LogP contribution in [0, 0.1) is 6.92 Å². The van der Waals surface area contributed by atoms with Gasteiger partial charge in [-0.2, -0.15) is 0 Å². The first kappa shape index (κ1) is 14.6. The number of aryl methyl sites for hydroxylation is 1. The molecule has 1 aromatic rings. The van der Waals surface area contributed by atoms with Crippen molar-refractivity contribution < 1.29 is 14.3 Å². The van der Waals surface area contributed by atoms with E-state index in [1.165, 1.54) is 18.4 Å². The molecule has 0 aliphatic carbocycles. The van der Waals surface area contributed by atoms with Gasteiger partial charge in [0.15, 0.2) is 0 Å². The van der Waals surface area contributed by atoms with Crippen LogP contribution in [0.3, 0.4) is 0 Å². The van der Waals surface area contributed by atoms with E-state index in [4.69, 9.17) is 0 Å². The summed E-state index contributed by atoms with van der Waals surface area (Å²) in [7, 11) is 1.35. The van der Waals surface area contributed by atoms with Crippen molar-refractivity contribution in [1.29, 1.82) is 0 Å². The lowest BCUT2D eigenvalue weighted by Crippen LogP contribution is -2.43. The largest absolute Gasteiger partial charge is 0.469 e. The number of nitrogens with zero attached hydrogens (tertiary/aromatic N) is 1. The summed E-state index contributed by atoms with van der Waals surface area (Å²) >= 11 is 1.43. The normalized spacial score (nSPS) is 11.1. The molecule has 0 saturated heterocycles. The minimum Gasteiger partial charge on any atom is -0.469 e. The summed E-state index contributed by atoms with van der Waals surface area (Å²) in [6, 6.07) is 0. The van der Waals surface area contributed by atoms with Crippen LogP contribution in [0.25, 0.3) is 0 Å². The van der Waals surface area contributed by atoms with Gasteiger partial charge in [0, 0.05) is 17.3 Å². The van der Waals surface area contributed by atoms with Gasteiger partial charge in [-0.1, -0.05) is 0 Å². The number of hydrogen-bond donors (Lipinski definition) is 1. The Hall–Kier alpha value is -1.43. The monoisotopic (exact) mass is 270 g/mol. The zero-order chi connectivity index (χ0) is 13.8. The van der Waals surface area contributed by atoms with Crippen LogP contribution < -0.4 is 5.32 Å². The number of carbonyl (C=O) groups is 2. The Balaban J connectivity index is 2.54. The van der Waals surface area contributed by atoms with E-state index in [1.54, 1.807) is 5.38 Å². The highest BCUT2D eigenvalue weighted by molar-refractivity contribution is 7.09. The predicted molar refractivity (Wildman–Crippen MR) is 69.6 cm³/mol. The fraction of sp³-hybridized carbons (Fsp3) is 0.583. The molecule has 5 nitrogen and oxygen atoms in total. The number of esters is 1. The highest BCUT2D eigenvalue weighted by Gasteiger charge is 2.23. The first-order valence-corrected chi connectivity index (χ1v) is 6.53. The number of methoxy groups -OCH3 is 1. The summed E-state index contributed by atoms with van der Waals surface area (Å²) in [6.45, 7) is 5.59. The van der Waals surface area contributed by atoms with Crippen molar-refractivity contribution in [2.45, 2.75) is 39.2 Å². The van der Waals surface area contributed by atoms with Gasteiger partial charge >= 0.3 is 5.97 Å². The lowest BCUT2D eigenvalue weighted by atomic mass is 9.98. The van der Waals surface area contributed by atoms with Crippen molar-refractivity contribution in [2.75, 3.05) is 7.11 Å². The number of amides is 1. The first-order valence-electron chi connectivity index (χ1n) is 5.65. The van der Waals surface area contributed by atoms with E-state index < -0.39 is 5.54 Å². The molecule has 0 bridgehead atoms. The molecule has 0 unspecified atom stereocenters. The molecule has 0 spiro atoms. The Morgan fingerprint density at radius 1 is 1.50 bits per heavy atom. The van der Waals surface area contributed by atoms with E-state index in [1.807, 2.05) is 20.8 Å². The molecule has 18 heavy (non-hydrogen) atoms. The first-order chi connectivity index (χ1) is 8.34. The summed E-state index contributed by atoms with van der Waals surface area (Å²) in [5, 5.41) is 5.44. The summed E-state index contributed by atoms with van der Waals surface area (Å²) in [4.78, 5) is 27.1. The average Bonchev–Trinajstić information content (AvgIpc) is 2.72. The molecule has 0 aliphatic heterocycles. The van der Waals surface area contributed by atoms with Crippen LogP contribution in [0.5, 0.6) is 0 Å². The van der Waals surface area contributed by atoms with Crippen molar-refractivity contribution in [3.05, 3.63) is 16.1 Å². The van der Waals surface area contributed by atoms with Gasteiger partial charge in [-0.25, -0.2) is 4.98 Å². The van der Waals surface area contributed by atoms with Gasteiger partial charge < -0.3 is 10.1 Å². The Labute approximate surface area is 111 Å². The van der Waals surface area contributed by atoms with E-state index in [2.05, 4.69) is 15.0 Å². The highest BCUT2D eigenvalue weighted by Crippen LogP contribution is 2.14. The van der Waals surface area contributed by atoms with Crippen LogP contribution in [0.1, 0.15) is 42.2 Å². The Kier molecular flexibility index (Phi) is 4.84. The van der Waals surface area contributed by atoms with E-state index >= 15 is 0 Å². The molecule has 6 heteroatoms. The lowest BCUT2D eigenvalue weighted by molar-refractivity contribution is -0.141. The third-order valence-corrected chi connectivity index (χ3v) is 3.26. The van der Waals surface area contributed by atoms with Crippen LogP contribution in [0.15, 0.2) is 5.38 Å². The summed E-state index contributed by atoms with van der Waals surface area (Å²) in [5.41, 5.74) is -0.0494. The van der Waals surface area contributed by atoms with Gasteiger partial charge in [0.1, 0.15) is 5.69 Å². The van der Waals surface area contributed by atoms with Crippen LogP contribution in [-0.4, -0.2) is 29.5 Å². The summed E-state index contributed by atoms with van der Waals surface area (Å²) < 4.78 is 4.58. The van der Waals surface area contributed by atoms with Gasteiger partial charge in [0.2, 0.25) is 0 Å². The molecule has 1 N–H and O–H groups in total. The quantitative estimate of drug-likeness (QED) is 0.830. The highest BCUT2D eigenvalue weighted by atomic mass is 32.1. The second kappa shape index (κ2) is 5.95. The zero-order valence-electron chi connectivity index (χ0n) is 11.1. The minimum absolute atomic E-state index is 0.214. The molecule has 0 radical (unpaired) electrons. The van der Waals surface area contributed by atoms with Crippen molar-refractivity contribution in [3.63, 3.8) is 0 Å². The van der Waals surface area contributed by atoms with E-state index in [9.17, 15) is 9.59 Å². The molecule has 0 fully saturated rings. The summed E-state index contributed by atoms with van der Waals surface area (Å²) in [6.07, 6.45) is 0.800. The van der Waals surface area contributed by atoms with Gasteiger partial charge in [-0.15, -0.1) is 11.3 Å². The molecular formula is C12H18N2O3S. The smallest absolute Gasteiger partial charge is 0.305 e. The molecule has 0 atom stereocenters. The Bertz CT molecular complexity index is 440. The number of hydrogen-bond acceptors (Lipinski definition) is 5. The van der Waals surface area contributed by atoms with Crippen LogP contribution >= 0.6 is 11.3 Å². The predicted octanol–water partition coefficient (Wildman–Crippen LogP) is 1.91. The second-order valence-electron chi connectivity index (χ2n) is 4.67. The summed E-state index contributed by atoms with van der Waals surface area (Å²) in [5.74, 6) is -0.490. The number of aromatic nitrogens is 1. The van der Waals surface area contributed by atoms with Crippen molar-refractivity contribution in [2.24, 2.45) is 0 Å². The van der Waals surface area contributed by atoms with Gasteiger partial charge in [-0.05, 0) is 27.2 Å². The third-order valence-electron chi connectivity index (χ3n) is 2.49. The van der Waals surface area contributed by atoms with Crippen LogP contribution in [0.2, 0.25) is 0 Å². The number of carbonyl (C=O) groups excluding carboxylic acids is 2. The van der Waals surface area contributed by atoms with Gasteiger partial charge in [0.25, 0.3) is 5.91 Å². The third kappa shape index (κ3) is 4.44. The van der Waals surface area contributed by atoms with Gasteiger partial charge in [-0.3, -0.25) is 9.59 Å². The molecule has 1 amide bonds. The topological polar surface area (TPSA) is 68.3 Å². The Morgan fingerprint density at radius 3 is 2.67 bits per heavy atom. The number of ether oxygens (including phenoxy) is 1. The zero-order valence-corrected chi connectivity index (χ0v) is 11.9. The average molecular weight is 270 g/mol. The minimum atomic E-state index is -0.469. The molecular weight excluding hydrogens is 252 g/mol.